The third-order valence-corrected chi connectivity index (χ3v) is 0. The Morgan fingerprint density at radius 2 is 0.643 bits per heavy atom. The van der Waals surface area contributed by atoms with Gasteiger partial charge in [-0.1, -0.05) is 0 Å². The van der Waals surface area contributed by atoms with E-state index >= 15 is 0 Å². The fourth-order valence-corrected chi connectivity index (χ4v) is 0. The van der Waals surface area contributed by atoms with Crippen molar-refractivity contribution in [3.63, 3.8) is 0 Å². The Balaban J connectivity index is -0.00000000222. The second-order valence-corrected chi connectivity index (χ2v) is 1.34. The summed E-state index contributed by atoms with van der Waals surface area (Å²) in [7, 11) is -5.39. The van der Waals surface area contributed by atoms with Gasteiger partial charge in [-0.05, 0) is 0 Å². The molecule has 14 heavy (non-hydrogen) atoms. The molecular weight excluding hydrogens is 254 g/mol. The van der Waals surface area contributed by atoms with Gasteiger partial charge in [0.05, 0.1) is 0 Å². The van der Waals surface area contributed by atoms with Crippen LogP contribution in [-0.2, 0) is 4.57 Å². The van der Waals surface area contributed by atoms with Gasteiger partial charge in [0.1, 0.15) is 0 Å². The van der Waals surface area contributed by atoms with E-state index in [-0.39, 0.29) is 90.9 Å². The number of rotatable bonds is 0. The zero-order valence-corrected chi connectivity index (χ0v) is 11.6. The van der Waals surface area contributed by atoms with E-state index in [1.54, 1.807) is 0 Å². The zero-order valence-electron chi connectivity index (χ0n) is 7.29. The summed E-state index contributed by atoms with van der Waals surface area (Å²) in [5, 5.41) is 0. The smallest absolute Gasteiger partial charge is 0.822 e. The molecule has 0 bridgehead atoms. The van der Waals surface area contributed by atoms with Crippen molar-refractivity contribution < 1.29 is 87.1 Å². The van der Waals surface area contributed by atoms with Crippen LogP contribution in [0.4, 0.5) is 0 Å². The molecule has 14 heteroatoms. The molecule has 0 heterocycles. The van der Waals surface area contributed by atoms with Crippen molar-refractivity contribution in [3.05, 3.63) is 0 Å². The quantitative estimate of drug-likeness (QED) is 0.304. The maximum absolute atomic E-state index is 8.55. The Bertz CT molecular complexity index is 61.4. The fourth-order valence-electron chi connectivity index (χ4n) is 0. The summed E-state index contributed by atoms with van der Waals surface area (Å²) in [6.45, 7) is 0. The van der Waals surface area contributed by atoms with E-state index < -0.39 is 7.82 Å². The molecule has 14 N–H and O–H groups in total. The number of phosphoric acid groups is 1. The van der Waals surface area contributed by atoms with Gasteiger partial charge >= 0.3 is 52.6 Å². The molecule has 0 aliphatic rings. The SMILES string of the molecule is O.O.O.O.O.O.O.O=P([O-])([O-])[O-].[Mg+2].[Na+]. The largest absolute Gasteiger partial charge is 2.00 e. The third-order valence-electron chi connectivity index (χ3n) is 0. The Kier molecular flexibility index (Phi) is 354. The van der Waals surface area contributed by atoms with E-state index in [1.165, 1.54) is 0 Å². The summed E-state index contributed by atoms with van der Waals surface area (Å²) in [5.41, 5.74) is 0. The summed E-state index contributed by atoms with van der Waals surface area (Å²) in [6.07, 6.45) is 0. The van der Waals surface area contributed by atoms with Crippen molar-refractivity contribution in [2.24, 2.45) is 0 Å². The number of hydrogen-bond donors (Lipinski definition) is 0. The molecule has 0 aromatic heterocycles. The minimum atomic E-state index is -5.39. The van der Waals surface area contributed by atoms with E-state index in [2.05, 4.69) is 0 Å². The van der Waals surface area contributed by atoms with Crippen LogP contribution in [0, 0.1) is 0 Å². The topological polar surface area (TPSA) is 307 Å². The van der Waals surface area contributed by atoms with E-state index in [0.717, 1.165) is 0 Å². The van der Waals surface area contributed by atoms with Crippen molar-refractivity contribution in [2.75, 3.05) is 0 Å². The van der Waals surface area contributed by atoms with Crippen LogP contribution < -0.4 is 44.2 Å². The molecule has 0 aliphatic carbocycles. The molecule has 0 rings (SSSR count). The molecule has 88 valence electrons. The third kappa shape index (κ3) is 847. The molecule has 0 saturated heterocycles. The molecule has 0 amide bonds. The molecule has 0 radical (unpaired) electrons. The van der Waals surface area contributed by atoms with Crippen LogP contribution in [0.25, 0.3) is 0 Å². The van der Waals surface area contributed by atoms with Crippen LogP contribution in [0.5, 0.6) is 0 Å². The van der Waals surface area contributed by atoms with Gasteiger partial charge in [-0.3, -0.25) is 0 Å². The first kappa shape index (κ1) is 106. The van der Waals surface area contributed by atoms with Crippen LogP contribution in [0.2, 0.25) is 0 Å². The van der Waals surface area contributed by atoms with Crippen LogP contribution >= 0.6 is 7.82 Å². The van der Waals surface area contributed by atoms with Gasteiger partial charge in [0.15, 0.2) is 0 Å². The normalized spacial score (nSPS) is 4.21. The summed E-state index contributed by atoms with van der Waals surface area (Å²) in [6, 6.07) is 0. The Morgan fingerprint density at radius 1 is 0.643 bits per heavy atom. The average Bonchev–Trinajstić information content (AvgIpc) is 0.722. The summed E-state index contributed by atoms with van der Waals surface area (Å²) in [5.74, 6) is 0. The van der Waals surface area contributed by atoms with E-state index in [0.29, 0.717) is 0 Å². The van der Waals surface area contributed by atoms with E-state index in [1.807, 2.05) is 0 Å². The predicted molar refractivity (Wildman–Crippen MR) is 38.7 cm³/mol. The number of hydrogen-bond acceptors (Lipinski definition) is 4. The molecule has 0 saturated carbocycles. The van der Waals surface area contributed by atoms with Gasteiger partial charge in [0.2, 0.25) is 0 Å². The van der Waals surface area contributed by atoms with Crippen molar-refractivity contribution in [2.45, 2.75) is 0 Å². The minimum Gasteiger partial charge on any atom is -0.822 e. The molecular formula is H14MgNaO11P. The second kappa shape index (κ2) is 46.8. The van der Waals surface area contributed by atoms with Crippen LogP contribution in [-0.4, -0.2) is 61.4 Å². The Morgan fingerprint density at radius 3 is 0.643 bits per heavy atom. The summed E-state index contributed by atoms with van der Waals surface area (Å²) in [4.78, 5) is 25.6. The Labute approximate surface area is 117 Å². The molecule has 0 aliphatic heterocycles. The Hall–Kier alpha value is 1.60. The fraction of sp³-hybridized carbons (Fsp3) is 0. The van der Waals surface area contributed by atoms with Gasteiger partial charge in [-0.25, -0.2) is 0 Å². The van der Waals surface area contributed by atoms with Gasteiger partial charge in [-0.15, -0.1) is 0 Å². The van der Waals surface area contributed by atoms with Crippen molar-refractivity contribution in [1.82, 2.24) is 0 Å². The zero-order chi connectivity index (χ0) is 4.50. The molecule has 0 unspecified atom stereocenters. The van der Waals surface area contributed by atoms with Crippen molar-refractivity contribution in [1.29, 1.82) is 0 Å². The molecule has 11 nitrogen and oxygen atoms in total. The summed E-state index contributed by atoms with van der Waals surface area (Å²) >= 11 is 0. The van der Waals surface area contributed by atoms with Gasteiger partial charge in [-0.2, -0.15) is 7.82 Å². The summed E-state index contributed by atoms with van der Waals surface area (Å²) < 4.78 is 8.55. The molecule has 0 atom stereocenters. The standard InChI is InChI=1S/Mg.Na.H3O4P.7H2O/c;;1-5(2,3)4;;;;;;;/h;;(H3,1,2,3,4);7*1H2/q+2;+1;;;;;;;;/p-3. The molecule has 0 spiro atoms. The van der Waals surface area contributed by atoms with Crippen LogP contribution in [0.15, 0.2) is 0 Å². The maximum Gasteiger partial charge on any atom is 2.00 e. The van der Waals surface area contributed by atoms with Crippen molar-refractivity contribution >= 4 is 30.9 Å². The van der Waals surface area contributed by atoms with Gasteiger partial charge in [0.25, 0.3) is 0 Å². The predicted octanol–water partition coefficient (Wildman–Crippen LogP) is -12.0. The van der Waals surface area contributed by atoms with Gasteiger partial charge < -0.3 is 57.6 Å². The molecule has 0 aromatic rings. The van der Waals surface area contributed by atoms with E-state index in [9.17, 15) is 0 Å². The molecule has 0 aromatic carbocycles. The minimum absolute atomic E-state index is 0. The first-order valence-corrected chi connectivity index (χ1v) is 2.19. The second-order valence-electron chi connectivity index (χ2n) is 0.447. The van der Waals surface area contributed by atoms with Gasteiger partial charge in [0, 0.05) is 0 Å². The molecule has 0 fully saturated rings. The first-order chi connectivity index (χ1) is 2.00. The monoisotopic (exact) mass is 268 g/mol. The van der Waals surface area contributed by atoms with Crippen LogP contribution in [0.3, 0.4) is 0 Å². The average molecular weight is 268 g/mol. The van der Waals surface area contributed by atoms with E-state index in [4.69, 9.17) is 19.2 Å². The maximum atomic E-state index is 8.55. The first-order valence-electron chi connectivity index (χ1n) is 0.730. The van der Waals surface area contributed by atoms with Crippen LogP contribution in [0.1, 0.15) is 0 Å². The van der Waals surface area contributed by atoms with Crippen molar-refractivity contribution in [3.8, 4) is 0 Å².